The molecule has 1 amide bonds. The van der Waals surface area contributed by atoms with Crippen LogP contribution in [0.15, 0.2) is 10.9 Å². The van der Waals surface area contributed by atoms with Crippen LogP contribution in [0.4, 0.5) is 0 Å². The smallest absolute Gasteiger partial charge is 0.305 e. The fraction of sp³-hybridized carbons (Fsp3) is 0.533. The Morgan fingerprint density at radius 1 is 1.38 bits per heavy atom. The summed E-state index contributed by atoms with van der Waals surface area (Å²) in [7, 11) is 0. The topological polar surface area (TPSA) is 90.5 Å². The number of carbonyl (C=O) groups is 2. The van der Waals surface area contributed by atoms with Gasteiger partial charge in [-0.3, -0.25) is 14.4 Å². The van der Waals surface area contributed by atoms with E-state index < -0.39 is 11.5 Å². The van der Waals surface area contributed by atoms with Gasteiger partial charge in [0, 0.05) is 18.3 Å². The molecular weight excluding hydrogens is 272 g/mol. The molecule has 0 radical (unpaired) electrons. The van der Waals surface area contributed by atoms with Gasteiger partial charge in [-0.05, 0) is 44.7 Å². The van der Waals surface area contributed by atoms with Crippen LogP contribution in [0.25, 0.3) is 0 Å². The zero-order valence-corrected chi connectivity index (χ0v) is 12.3. The third-order valence-corrected chi connectivity index (χ3v) is 3.88. The highest BCUT2D eigenvalue weighted by atomic mass is 16.4. The van der Waals surface area contributed by atoms with Crippen molar-refractivity contribution >= 4 is 11.9 Å². The van der Waals surface area contributed by atoms with Crippen LogP contribution in [0.5, 0.6) is 0 Å². The van der Waals surface area contributed by atoms with Gasteiger partial charge in [0.2, 0.25) is 0 Å². The minimum Gasteiger partial charge on any atom is -0.481 e. The van der Waals surface area contributed by atoms with Crippen molar-refractivity contribution in [3.8, 4) is 0 Å². The van der Waals surface area contributed by atoms with Crippen LogP contribution < -0.4 is 5.56 Å². The zero-order chi connectivity index (χ0) is 15.6. The summed E-state index contributed by atoms with van der Waals surface area (Å²) in [5.74, 6) is -1.28. The monoisotopic (exact) mass is 292 g/mol. The van der Waals surface area contributed by atoms with Gasteiger partial charge in [0.05, 0.1) is 6.42 Å². The van der Waals surface area contributed by atoms with Gasteiger partial charge >= 0.3 is 5.97 Å². The lowest BCUT2D eigenvalue weighted by Gasteiger charge is -2.35. The number of carbonyl (C=O) groups excluding carboxylic acids is 1. The number of piperidine rings is 1. The van der Waals surface area contributed by atoms with E-state index in [0.29, 0.717) is 24.2 Å². The van der Waals surface area contributed by atoms with Gasteiger partial charge < -0.3 is 15.0 Å². The summed E-state index contributed by atoms with van der Waals surface area (Å²) in [6.45, 7) is 3.99. The van der Waals surface area contributed by atoms with E-state index in [1.807, 2.05) is 0 Å². The highest BCUT2D eigenvalue weighted by Crippen LogP contribution is 2.22. The Bertz CT molecular complexity index is 621. The van der Waals surface area contributed by atoms with Gasteiger partial charge in [0.15, 0.2) is 0 Å². The Balaban J connectivity index is 2.33. The zero-order valence-electron chi connectivity index (χ0n) is 12.3. The molecule has 1 aromatic heterocycles. The molecule has 2 N–H and O–H groups in total. The number of aromatic amines is 1. The predicted molar refractivity (Wildman–Crippen MR) is 77.5 cm³/mol. The number of pyridine rings is 1. The van der Waals surface area contributed by atoms with Gasteiger partial charge in [-0.2, -0.15) is 0 Å². The van der Waals surface area contributed by atoms with Crippen molar-refractivity contribution < 1.29 is 14.7 Å². The minimum absolute atomic E-state index is 0.0748. The summed E-state index contributed by atoms with van der Waals surface area (Å²) < 4.78 is 0. The normalized spacial score (nSPS) is 18.6. The predicted octanol–water partition coefficient (Wildman–Crippen LogP) is 1.46. The molecule has 1 fully saturated rings. The van der Waals surface area contributed by atoms with E-state index in [2.05, 4.69) is 4.98 Å². The number of carboxylic acid groups (broad SMARTS) is 1. The summed E-state index contributed by atoms with van der Waals surface area (Å²) in [6.07, 6.45) is 2.34. The molecule has 1 unspecified atom stereocenters. The quantitative estimate of drug-likeness (QED) is 0.882. The lowest BCUT2D eigenvalue weighted by atomic mass is 9.97. The largest absolute Gasteiger partial charge is 0.481 e. The second-order valence-corrected chi connectivity index (χ2v) is 5.59. The highest BCUT2D eigenvalue weighted by molar-refractivity contribution is 5.95. The third kappa shape index (κ3) is 3.32. The molecule has 0 saturated carbocycles. The first-order valence-corrected chi connectivity index (χ1v) is 7.13. The molecule has 2 heterocycles. The fourth-order valence-electron chi connectivity index (χ4n) is 2.94. The highest BCUT2D eigenvalue weighted by Gasteiger charge is 2.31. The van der Waals surface area contributed by atoms with Crippen LogP contribution in [0.1, 0.15) is 47.3 Å². The van der Waals surface area contributed by atoms with Crippen molar-refractivity contribution in [3.05, 3.63) is 33.2 Å². The van der Waals surface area contributed by atoms with E-state index in [-0.39, 0.29) is 23.9 Å². The molecule has 1 aliphatic rings. The van der Waals surface area contributed by atoms with Gasteiger partial charge in [-0.25, -0.2) is 0 Å². The van der Waals surface area contributed by atoms with Gasteiger partial charge in [-0.15, -0.1) is 0 Å². The molecule has 2 rings (SSSR count). The van der Waals surface area contributed by atoms with E-state index in [1.165, 1.54) is 0 Å². The van der Waals surface area contributed by atoms with Crippen LogP contribution in [-0.4, -0.2) is 39.5 Å². The van der Waals surface area contributed by atoms with E-state index in [1.54, 1.807) is 24.8 Å². The number of aliphatic carboxylic acids is 1. The first kappa shape index (κ1) is 15.3. The maximum absolute atomic E-state index is 12.7. The molecule has 0 aromatic carbocycles. The fourth-order valence-corrected chi connectivity index (χ4v) is 2.94. The van der Waals surface area contributed by atoms with Crippen molar-refractivity contribution in [3.63, 3.8) is 0 Å². The van der Waals surface area contributed by atoms with Crippen LogP contribution in [0.2, 0.25) is 0 Å². The number of aryl methyl sites for hydroxylation is 2. The molecule has 6 nitrogen and oxygen atoms in total. The van der Waals surface area contributed by atoms with E-state index in [0.717, 1.165) is 12.8 Å². The van der Waals surface area contributed by atoms with Crippen LogP contribution in [-0.2, 0) is 4.79 Å². The van der Waals surface area contributed by atoms with E-state index >= 15 is 0 Å². The lowest BCUT2D eigenvalue weighted by Crippen LogP contribution is -2.46. The van der Waals surface area contributed by atoms with E-state index in [9.17, 15) is 14.4 Å². The van der Waals surface area contributed by atoms with Crippen molar-refractivity contribution in [1.29, 1.82) is 0 Å². The Labute approximate surface area is 122 Å². The Hall–Kier alpha value is -2.11. The van der Waals surface area contributed by atoms with Crippen molar-refractivity contribution in [2.45, 2.75) is 45.6 Å². The molecule has 21 heavy (non-hydrogen) atoms. The summed E-state index contributed by atoms with van der Waals surface area (Å²) in [6, 6.07) is 1.42. The number of hydrogen-bond donors (Lipinski definition) is 2. The summed E-state index contributed by atoms with van der Waals surface area (Å²) in [4.78, 5) is 39.8. The summed E-state index contributed by atoms with van der Waals surface area (Å²) >= 11 is 0. The van der Waals surface area contributed by atoms with Crippen molar-refractivity contribution in [1.82, 2.24) is 9.88 Å². The molecule has 1 aliphatic heterocycles. The van der Waals surface area contributed by atoms with E-state index in [4.69, 9.17) is 5.11 Å². The average Bonchev–Trinajstić information content (AvgIpc) is 2.37. The first-order chi connectivity index (χ1) is 9.90. The maximum atomic E-state index is 12.7. The van der Waals surface area contributed by atoms with Gasteiger partial charge in [-0.1, -0.05) is 0 Å². The molecule has 0 bridgehead atoms. The number of rotatable bonds is 3. The Morgan fingerprint density at radius 2 is 2.10 bits per heavy atom. The third-order valence-electron chi connectivity index (χ3n) is 3.88. The van der Waals surface area contributed by atoms with Crippen LogP contribution in [0, 0.1) is 13.8 Å². The molecule has 1 saturated heterocycles. The number of aromatic nitrogens is 1. The van der Waals surface area contributed by atoms with Gasteiger partial charge in [0.25, 0.3) is 11.5 Å². The number of amides is 1. The number of likely N-dealkylation sites (tertiary alicyclic amines) is 1. The van der Waals surface area contributed by atoms with Crippen LogP contribution >= 0.6 is 0 Å². The molecule has 6 heteroatoms. The lowest BCUT2D eigenvalue weighted by molar-refractivity contribution is -0.138. The van der Waals surface area contributed by atoms with Crippen LogP contribution in [0.3, 0.4) is 0 Å². The Morgan fingerprint density at radius 3 is 2.71 bits per heavy atom. The summed E-state index contributed by atoms with van der Waals surface area (Å²) in [5.41, 5.74) is 1.05. The number of H-pyrrole nitrogens is 1. The molecule has 0 aliphatic carbocycles. The number of carboxylic acids is 1. The standard InChI is InChI=1S/C15H20N2O4/c1-9-7-10(2)16-14(20)13(9)15(21)17-6-4-3-5-11(17)8-12(18)19/h7,11H,3-6,8H2,1-2H3,(H,16,20)(H,18,19). The Kier molecular flexibility index (Phi) is 4.45. The number of nitrogens with zero attached hydrogens (tertiary/aromatic N) is 1. The summed E-state index contributed by atoms with van der Waals surface area (Å²) in [5, 5.41) is 8.98. The molecule has 1 aromatic rings. The maximum Gasteiger partial charge on any atom is 0.305 e. The minimum atomic E-state index is -0.922. The average molecular weight is 292 g/mol. The second kappa shape index (κ2) is 6.11. The second-order valence-electron chi connectivity index (χ2n) is 5.59. The molecule has 114 valence electrons. The van der Waals surface area contributed by atoms with Crippen molar-refractivity contribution in [2.24, 2.45) is 0 Å². The molecule has 0 spiro atoms. The molecular formula is C15H20N2O4. The van der Waals surface area contributed by atoms with Gasteiger partial charge in [0.1, 0.15) is 5.56 Å². The first-order valence-electron chi connectivity index (χ1n) is 7.13. The SMILES string of the molecule is Cc1cc(C)c(C(=O)N2CCCCC2CC(=O)O)c(=O)[nH]1. The molecule has 1 atom stereocenters. The van der Waals surface area contributed by atoms with Crippen molar-refractivity contribution in [2.75, 3.05) is 6.54 Å². The number of hydrogen-bond acceptors (Lipinski definition) is 3. The number of nitrogens with one attached hydrogen (secondary N) is 1.